The first-order chi connectivity index (χ1) is 7.79. The standard InChI is InChI=1S/C12H21N3O/c1-2-3-4-5-6-9-15-10-7-8-11(15)12(13)14-16/h7-8,10,16H,2-6,9H2,1H3,(H2,13,14). The van der Waals surface area contributed by atoms with Crippen LogP contribution in [0.1, 0.15) is 44.7 Å². The topological polar surface area (TPSA) is 63.5 Å². The van der Waals surface area contributed by atoms with Crippen LogP contribution in [0, 0.1) is 0 Å². The van der Waals surface area contributed by atoms with Crippen molar-refractivity contribution in [3.8, 4) is 0 Å². The van der Waals surface area contributed by atoms with Crippen LogP contribution in [0.25, 0.3) is 0 Å². The molecule has 90 valence electrons. The maximum Gasteiger partial charge on any atom is 0.186 e. The third-order valence-corrected chi connectivity index (χ3v) is 2.70. The molecule has 0 aromatic carbocycles. The van der Waals surface area contributed by atoms with Gasteiger partial charge in [-0.3, -0.25) is 0 Å². The Kier molecular flexibility index (Phi) is 5.46. The lowest BCUT2D eigenvalue weighted by molar-refractivity contribution is 0.318. The highest BCUT2D eigenvalue weighted by Gasteiger charge is 2.04. The minimum atomic E-state index is 0.179. The molecule has 4 heteroatoms. The first-order valence-corrected chi connectivity index (χ1v) is 5.92. The molecule has 1 aromatic rings. The van der Waals surface area contributed by atoms with E-state index in [0.29, 0.717) is 0 Å². The van der Waals surface area contributed by atoms with Gasteiger partial charge in [-0.05, 0) is 18.6 Å². The average Bonchev–Trinajstić information content (AvgIpc) is 2.76. The second kappa shape index (κ2) is 6.93. The Morgan fingerprint density at radius 2 is 2.12 bits per heavy atom. The van der Waals surface area contributed by atoms with E-state index in [2.05, 4.69) is 12.1 Å². The molecule has 0 aliphatic heterocycles. The number of nitrogens with two attached hydrogens (primary N) is 1. The fourth-order valence-corrected chi connectivity index (χ4v) is 1.78. The largest absolute Gasteiger partial charge is 0.409 e. The van der Waals surface area contributed by atoms with E-state index in [9.17, 15) is 0 Å². The van der Waals surface area contributed by atoms with Crippen LogP contribution in [0.3, 0.4) is 0 Å². The van der Waals surface area contributed by atoms with Gasteiger partial charge in [-0.25, -0.2) is 0 Å². The number of oxime groups is 1. The van der Waals surface area contributed by atoms with Gasteiger partial charge in [0.1, 0.15) is 0 Å². The quantitative estimate of drug-likeness (QED) is 0.245. The van der Waals surface area contributed by atoms with Gasteiger partial charge >= 0.3 is 0 Å². The van der Waals surface area contributed by atoms with Crippen molar-refractivity contribution in [2.45, 2.75) is 45.6 Å². The van der Waals surface area contributed by atoms with Crippen LogP contribution in [0.15, 0.2) is 23.5 Å². The average molecular weight is 223 g/mol. The minimum absolute atomic E-state index is 0.179. The number of unbranched alkanes of at least 4 members (excludes halogenated alkanes) is 4. The molecule has 0 aliphatic carbocycles. The summed E-state index contributed by atoms with van der Waals surface area (Å²) < 4.78 is 2.03. The van der Waals surface area contributed by atoms with E-state index in [0.717, 1.165) is 18.7 Å². The van der Waals surface area contributed by atoms with Gasteiger partial charge in [-0.2, -0.15) is 0 Å². The van der Waals surface area contributed by atoms with Crippen LogP contribution in [0.2, 0.25) is 0 Å². The van der Waals surface area contributed by atoms with E-state index in [1.807, 2.05) is 22.9 Å². The van der Waals surface area contributed by atoms with E-state index >= 15 is 0 Å². The summed E-state index contributed by atoms with van der Waals surface area (Å²) in [6.07, 6.45) is 8.20. The van der Waals surface area contributed by atoms with Crippen molar-refractivity contribution < 1.29 is 5.21 Å². The smallest absolute Gasteiger partial charge is 0.186 e. The molecule has 0 saturated heterocycles. The second-order valence-corrected chi connectivity index (χ2v) is 3.99. The fourth-order valence-electron chi connectivity index (χ4n) is 1.78. The highest BCUT2D eigenvalue weighted by molar-refractivity contribution is 5.95. The van der Waals surface area contributed by atoms with Crippen molar-refractivity contribution in [1.82, 2.24) is 4.57 Å². The number of nitrogens with zero attached hydrogens (tertiary/aromatic N) is 2. The molecule has 0 radical (unpaired) electrons. The van der Waals surface area contributed by atoms with Gasteiger partial charge in [-0.15, -0.1) is 0 Å². The van der Waals surface area contributed by atoms with Gasteiger partial charge in [0.25, 0.3) is 0 Å². The zero-order valence-electron chi connectivity index (χ0n) is 9.89. The van der Waals surface area contributed by atoms with E-state index in [1.54, 1.807) is 0 Å². The molecule has 0 fully saturated rings. The van der Waals surface area contributed by atoms with E-state index in [1.165, 1.54) is 25.7 Å². The molecule has 4 nitrogen and oxygen atoms in total. The van der Waals surface area contributed by atoms with E-state index in [4.69, 9.17) is 10.9 Å². The number of aryl methyl sites for hydroxylation is 1. The molecule has 0 aliphatic rings. The molecule has 0 spiro atoms. The molecule has 0 saturated carbocycles. The molecule has 0 amide bonds. The van der Waals surface area contributed by atoms with Crippen molar-refractivity contribution in [2.24, 2.45) is 10.9 Å². The Morgan fingerprint density at radius 1 is 1.38 bits per heavy atom. The second-order valence-electron chi connectivity index (χ2n) is 3.99. The number of hydrogen-bond acceptors (Lipinski definition) is 2. The minimum Gasteiger partial charge on any atom is -0.409 e. The summed E-state index contributed by atoms with van der Waals surface area (Å²) >= 11 is 0. The van der Waals surface area contributed by atoms with Crippen molar-refractivity contribution >= 4 is 5.84 Å². The third-order valence-electron chi connectivity index (χ3n) is 2.70. The predicted molar refractivity (Wildman–Crippen MR) is 65.7 cm³/mol. The number of amidine groups is 1. The molecular weight excluding hydrogens is 202 g/mol. The molecular formula is C12H21N3O. The molecule has 1 heterocycles. The lowest BCUT2D eigenvalue weighted by Gasteiger charge is -2.07. The summed E-state index contributed by atoms with van der Waals surface area (Å²) in [5, 5.41) is 11.6. The van der Waals surface area contributed by atoms with Crippen LogP contribution in [0.5, 0.6) is 0 Å². The van der Waals surface area contributed by atoms with Crippen LogP contribution in [0.4, 0.5) is 0 Å². The van der Waals surface area contributed by atoms with Crippen LogP contribution in [-0.4, -0.2) is 15.6 Å². The first kappa shape index (κ1) is 12.6. The molecule has 1 rings (SSSR count). The van der Waals surface area contributed by atoms with Gasteiger partial charge in [0, 0.05) is 12.7 Å². The monoisotopic (exact) mass is 223 g/mol. The Balaban J connectivity index is 2.39. The lowest BCUT2D eigenvalue weighted by atomic mass is 10.1. The summed E-state index contributed by atoms with van der Waals surface area (Å²) in [6.45, 7) is 3.14. The first-order valence-electron chi connectivity index (χ1n) is 5.92. The van der Waals surface area contributed by atoms with Gasteiger partial charge in [0.15, 0.2) is 5.84 Å². The summed E-state index contributed by atoms with van der Waals surface area (Å²) in [5.41, 5.74) is 6.36. The molecule has 3 N–H and O–H groups in total. The number of rotatable bonds is 7. The van der Waals surface area contributed by atoms with Crippen molar-refractivity contribution in [3.05, 3.63) is 24.0 Å². The zero-order chi connectivity index (χ0) is 11.8. The van der Waals surface area contributed by atoms with Crippen molar-refractivity contribution in [2.75, 3.05) is 0 Å². The van der Waals surface area contributed by atoms with Gasteiger partial charge < -0.3 is 15.5 Å². The summed E-state index contributed by atoms with van der Waals surface area (Å²) in [4.78, 5) is 0. The zero-order valence-corrected chi connectivity index (χ0v) is 9.89. The van der Waals surface area contributed by atoms with Crippen LogP contribution < -0.4 is 5.73 Å². The molecule has 0 bridgehead atoms. The highest BCUT2D eigenvalue weighted by atomic mass is 16.4. The van der Waals surface area contributed by atoms with Crippen LogP contribution in [-0.2, 0) is 6.54 Å². The maximum atomic E-state index is 8.62. The summed E-state index contributed by atoms with van der Waals surface area (Å²) in [7, 11) is 0. The Bertz CT molecular complexity index is 331. The Morgan fingerprint density at radius 3 is 2.81 bits per heavy atom. The predicted octanol–water partition coefficient (Wildman–Crippen LogP) is 2.55. The number of aromatic nitrogens is 1. The third kappa shape index (κ3) is 3.61. The van der Waals surface area contributed by atoms with Crippen LogP contribution >= 0.6 is 0 Å². The number of hydrogen-bond donors (Lipinski definition) is 2. The Hall–Kier alpha value is -1.45. The SMILES string of the molecule is CCCCCCCn1cccc1/C(N)=N/O. The molecule has 0 atom stereocenters. The lowest BCUT2D eigenvalue weighted by Crippen LogP contribution is -2.18. The fraction of sp³-hybridized carbons (Fsp3) is 0.583. The maximum absolute atomic E-state index is 8.62. The van der Waals surface area contributed by atoms with E-state index < -0.39 is 0 Å². The molecule has 1 aromatic heterocycles. The van der Waals surface area contributed by atoms with Gasteiger partial charge in [0.05, 0.1) is 5.69 Å². The normalized spacial score (nSPS) is 11.9. The molecule has 0 unspecified atom stereocenters. The summed E-state index contributed by atoms with van der Waals surface area (Å²) in [6, 6.07) is 3.78. The van der Waals surface area contributed by atoms with Crippen molar-refractivity contribution in [3.63, 3.8) is 0 Å². The highest BCUT2D eigenvalue weighted by Crippen LogP contribution is 2.07. The van der Waals surface area contributed by atoms with E-state index in [-0.39, 0.29) is 5.84 Å². The summed E-state index contributed by atoms with van der Waals surface area (Å²) in [5.74, 6) is 0.179. The van der Waals surface area contributed by atoms with Gasteiger partial charge in [0.2, 0.25) is 0 Å². The molecule has 16 heavy (non-hydrogen) atoms. The Labute approximate surface area is 96.8 Å². The van der Waals surface area contributed by atoms with Gasteiger partial charge in [-0.1, -0.05) is 37.8 Å². The van der Waals surface area contributed by atoms with Crippen molar-refractivity contribution in [1.29, 1.82) is 0 Å².